The van der Waals surface area contributed by atoms with Crippen molar-refractivity contribution < 1.29 is 19.4 Å². The summed E-state index contributed by atoms with van der Waals surface area (Å²) in [5.74, 6) is -0.287. The number of ether oxygens (including phenoxy) is 1. The number of allylic oxidation sites excluding steroid dienone is 2. The van der Waals surface area contributed by atoms with Gasteiger partial charge in [-0.05, 0) is 44.8 Å². The Morgan fingerprint density at radius 3 is 2.48 bits per heavy atom. The quantitative estimate of drug-likeness (QED) is 0.639. The highest BCUT2D eigenvalue weighted by Gasteiger charge is 2.49. The molecule has 1 atom stereocenters. The van der Waals surface area contributed by atoms with Crippen LogP contribution < -0.4 is 0 Å². The van der Waals surface area contributed by atoms with E-state index in [1.165, 1.54) is 13.2 Å². The van der Waals surface area contributed by atoms with Crippen LogP contribution in [0.25, 0.3) is 0 Å². The zero-order valence-electron chi connectivity index (χ0n) is 13.9. The molecular weight excluding hydrogens is 268 g/mol. The molecule has 1 unspecified atom stereocenters. The van der Waals surface area contributed by atoms with E-state index < -0.39 is 11.0 Å². The molecule has 0 heterocycles. The number of Topliss-reactive ketones (excluding diaryl/α,β-unsaturated/α-hetero) is 1. The zero-order chi connectivity index (χ0) is 16.4. The minimum absolute atomic E-state index is 0.101. The van der Waals surface area contributed by atoms with Crippen LogP contribution in [-0.2, 0) is 14.3 Å². The second kappa shape index (κ2) is 6.14. The molecule has 0 aromatic carbocycles. The van der Waals surface area contributed by atoms with E-state index in [2.05, 4.69) is 4.74 Å². The van der Waals surface area contributed by atoms with Gasteiger partial charge in [-0.15, -0.1) is 0 Å². The zero-order valence-corrected chi connectivity index (χ0v) is 13.9. The Labute approximate surface area is 126 Å². The molecular formula is C17H26O4. The molecule has 1 aliphatic carbocycles. The first-order valence-corrected chi connectivity index (χ1v) is 7.24. The van der Waals surface area contributed by atoms with Crippen molar-refractivity contribution in [2.45, 2.75) is 59.5 Å². The van der Waals surface area contributed by atoms with Gasteiger partial charge in [0.2, 0.25) is 0 Å². The Hall–Kier alpha value is -1.42. The molecule has 0 bridgehead atoms. The number of rotatable bonds is 4. The molecule has 0 spiro atoms. The molecule has 0 fully saturated rings. The van der Waals surface area contributed by atoms with Crippen molar-refractivity contribution in [3.8, 4) is 0 Å². The highest BCUT2D eigenvalue weighted by atomic mass is 16.5. The van der Waals surface area contributed by atoms with Crippen LogP contribution >= 0.6 is 0 Å². The van der Waals surface area contributed by atoms with Crippen molar-refractivity contribution in [2.24, 2.45) is 5.41 Å². The van der Waals surface area contributed by atoms with Gasteiger partial charge < -0.3 is 9.84 Å². The van der Waals surface area contributed by atoms with E-state index in [4.69, 9.17) is 0 Å². The first-order valence-electron chi connectivity index (χ1n) is 7.24. The molecule has 21 heavy (non-hydrogen) atoms. The van der Waals surface area contributed by atoms with Gasteiger partial charge in [0.05, 0.1) is 12.7 Å². The third-order valence-corrected chi connectivity index (χ3v) is 4.77. The molecule has 1 aliphatic rings. The van der Waals surface area contributed by atoms with Gasteiger partial charge in [0, 0.05) is 17.9 Å². The Kier molecular flexibility index (Phi) is 5.16. The second-order valence-corrected chi connectivity index (χ2v) is 6.61. The molecule has 4 nitrogen and oxygen atoms in total. The maximum absolute atomic E-state index is 12.0. The summed E-state index contributed by atoms with van der Waals surface area (Å²) < 4.78 is 4.60. The lowest BCUT2D eigenvalue weighted by Gasteiger charge is -2.47. The van der Waals surface area contributed by atoms with E-state index in [1.54, 1.807) is 6.92 Å². The summed E-state index contributed by atoms with van der Waals surface area (Å²) in [6.45, 7) is 9.27. The van der Waals surface area contributed by atoms with E-state index in [0.29, 0.717) is 24.8 Å². The summed E-state index contributed by atoms with van der Waals surface area (Å²) in [5.41, 5.74) is 0.713. The van der Waals surface area contributed by atoms with Gasteiger partial charge in [0.1, 0.15) is 0 Å². The third-order valence-electron chi connectivity index (χ3n) is 4.77. The van der Waals surface area contributed by atoms with Gasteiger partial charge in [0.25, 0.3) is 0 Å². The minimum atomic E-state index is -1.03. The number of hydrogen-bond acceptors (Lipinski definition) is 4. The first-order chi connectivity index (χ1) is 9.55. The maximum Gasteiger partial charge on any atom is 0.330 e. The van der Waals surface area contributed by atoms with Crippen molar-refractivity contribution in [3.63, 3.8) is 0 Å². The van der Waals surface area contributed by atoms with Crippen molar-refractivity contribution in [2.75, 3.05) is 7.11 Å². The number of aliphatic hydroxyl groups is 1. The molecule has 1 rings (SSSR count). The van der Waals surface area contributed by atoms with E-state index in [-0.39, 0.29) is 11.8 Å². The smallest absolute Gasteiger partial charge is 0.330 e. The van der Waals surface area contributed by atoms with E-state index in [1.807, 2.05) is 27.7 Å². The molecule has 4 heteroatoms. The summed E-state index contributed by atoms with van der Waals surface area (Å²) in [6.07, 6.45) is 2.84. The van der Waals surface area contributed by atoms with Crippen molar-refractivity contribution in [1.29, 1.82) is 0 Å². The topological polar surface area (TPSA) is 63.6 Å². The molecule has 0 amide bonds. The van der Waals surface area contributed by atoms with Crippen LogP contribution in [0.2, 0.25) is 0 Å². The van der Waals surface area contributed by atoms with Crippen molar-refractivity contribution >= 4 is 11.8 Å². The lowest BCUT2D eigenvalue weighted by Crippen LogP contribution is -2.50. The fourth-order valence-electron chi connectivity index (χ4n) is 2.94. The normalized spacial score (nSPS) is 26.0. The molecule has 0 aromatic heterocycles. The third kappa shape index (κ3) is 3.43. The van der Waals surface area contributed by atoms with Crippen LogP contribution in [0.5, 0.6) is 0 Å². The Balaban J connectivity index is 3.01. The molecule has 0 aromatic rings. The standard InChI is InChI=1S/C17H26O4/c1-11(9-15(19)21-6)7-8-17(20)13(3)12(2)14(18)10-16(17,4)5/h9,20H,7-8,10H2,1-6H3/b11-9-. The Morgan fingerprint density at radius 2 is 1.95 bits per heavy atom. The van der Waals surface area contributed by atoms with Crippen molar-refractivity contribution in [3.05, 3.63) is 22.8 Å². The molecule has 0 radical (unpaired) electrons. The lowest BCUT2D eigenvalue weighted by atomic mass is 9.61. The second-order valence-electron chi connectivity index (χ2n) is 6.61. The van der Waals surface area contributed by atoms with Crippen LogP contribution in [0.15, 0.2) is 22.8 Å². The predicted octanol–water partition coefficient (Wildman–Crippen LogP) is 2.95. The molecule has 118 valence electrons. The first kappa shape index (κ1) is 17.6. The van der Waals surface area contributed by atoms with E-state index in [0.717, 1.165) is 11.1 Å². The van der Waals surface area contributed by atoms with E-state index >= 15 is 0 Å². The lowest BCUT2D eigenvalue weighted by molar-refractivity contribution is -0.134. The number of esters is 1. The van der Waals surface area contributed by atoms with Gasteiger partial charge >= 0.3 is 5.97 Å². The van der Waals surface area contributed by atoms with Crippen molar-refractivity contribution in [1.82, 2.24) is 0 Å². The fourth-order valence-corrected chi connectivity index (χ4v) is 2.94. The average Bonchev–Trinajstić information content (AvgIpc) is 2.40. The summed E-state index contributed by atoms with van der Waals surface area (Å²) >= 11 is 0. The summed E-state index contributed by atoms with van der Waals surface area (Å²) in [7, 11) is 1.34. The number of hydrogen-bond donors (Lipinski definition) is 1. The highest BCUT2D eigenvalue weighted by Crippen LogP contribution is 2.48. The van der Waals surface area contributed by atoms with Gasteiger partial charge in [-0.1, -0.05) is 19.4 Å². The highest BCUT2D eigenvalue weighted by molar-refractivity contribution is 5.97. The molecule has 0 saturated carbocycles. The summed E-state index contributed by atoms with van der Waals surface area (Å²) in [6, 6.07) is 0. The minimum Gasteiger partial charge on any atom is -0.466 e. The molecule has 0 saturated heterocycles. The number of ketones is 1. The molecule has 0 aliphatic heterocycles. The van der Waals surface area contributed by atoms with Gasteiger partial charge in [-0.2, -0.15) is 0 Å². The van der Waals surface area contributed by atoms with Gasteiger partial charge in [-0.25, -0.2) is 4.79 Å². The summed E-state index contributed by atoms with van der Waals surface area (Å²) in [4.78, 5) is 23.2. The van der Waals surface area contributed by atoms with Crippen LogP contribution in [0.3, 0.4) is 0 Å². The predicted molar refractivity (Wildman–Crippen MR) is 81.7 cm³/mol. The summed E-state index contributed by atoms with van der Waals surface area (Å²) in [5, 5.41) is 11.1. The maximum atomic E-state index is 12.0. The van der Waals surface area contributed by atoms with Gasteiger partial charge in [-0.3, -0.25) is 4.79 Å². The number of carbonyl (C=O) groups excluding carboxylic acids is 2. The van der Waals surface area contributed by atoms with Crippen LogP contribution in [0.4, 0.5) is 0 Å². The van der Waals surface area contributed by atoms with Crippen LogP contribution in [0, 0.1) is 5.41 Å². The van der Waals surface area contributed by atoms with Crippen LogP contribution in [0.1, 0.15) is 53.9 Å². The van der Waals surface area contributed by atoms with Gasteiger partial charge in [0.15, 0.2) is 5.78 Å². The Morgan fingerprint density at radius 1 is 1.38 bits per heavy atom. The largest absolute Gasteiger partial charge is 0.466 e. The number of methoxy groups -OCH3 is 1. The fraction of sp³-hybridized carbons (Fsp3) is 0.647. The van der Waals surface area contributed by atoms with E-state index in [9.17, 15) is 14.7 Å². The average molecular weight is 294 g/mol. The number of carbonyl (C=O) groups is 2. The molecule has 1 N–H and O–H groups in total. The monoisotopic (exact) mass is 294 g/mol. The Bertz CT molecular complexity index is 511. The SMILES string of the molecule is COC(=O)/C=C(/C)CCC1(O)C(C)=C(C)C(=O)CC1(C)C. The van der Waals surface area contributed by atoms with Crippen LogP contribution in [-0.4, -0.2) is 29.6 Å².